The number of hydrogen-bond acceptors (Lipinski definition) is 3. The topological polar surface area (TPSA) is 61.9 Å². The maximum absolute atomic E-state index is 10.8. The van der Waals surface area contributed by atoms with E-state index in [1.807, 2.05) is 0 Å². The minimum Gasteiger partial charge on any atom is -0.394 e. The van der Waals surface area contributed by atoms with Crippen LogP contribution in [0.2, 0.25) is 0 Å². The lowest BCUT2D eigenvalue weighted by molar-refractivity contribution is -0.117. The van der Waals surface area contributed by atoms with Gasteiger partial charge in [-0.1, -0.05) is 19.9 Å². The fourth-order valence-corrected chi connectivity index (χ4v) is 0.703. The molecule has 1 heterocycles. The molecule has 1 fully saturated rings. The summed E-state index contributed by atoms with van der Waals surface area (Å²) in [6.07, 6.45) is 2.34. The Labute approximate surface area is 91.3 Å². The van der Waals surface area contributed by atoms with Gasteiger partial charge in [-0.25, -0.2) is 0 Å². The van der Waals surface area contributed by atoms with Crippen molar-refractivity contribution in [1.82, 2.24) is 5.32 Å². The van der Waals surface area contributed by atoms with E-state index in [1.165, 1.54) is 0 Å². The predicted molar refractivity (Wildman–Crippen MR) is 59.6 cm³/mol. The fourth-order valence-electron chi connectivity index (χ4n) is 0.703. The molecule has 4 nitrogen and oxygen atoms in total. The van der Waals surface area contributed by atoms with Crippen molar-refractivity contribution in [3.8, 4) is 0 Å². The van der Waals surface area contributed by atoms with E-state index in [2.05, 4.69) is 23.6 Å². The molecule has 0 aromatic heterocycles. The molecule has 1 amide bonds. The van der Waals surface area contributed by atoms with Gasteiger partial charge < -0.3 is 15.2 Å². The number of nitrogens with one attached hydrogen (secondary N) is 1. The van der Waals surface area contributed by atoms with E-state index < -0.39 is 0 Å². The Hall–Kier alpha value is -0.870. The number of hydrogen-bond donors (Lipinski definition) is 2. The smallest absolute Gasteiger partial charge is 0.246 e. The number of unbranched alkanes of at least 4 members (excludes halogenated alkanes) is 1. The summed E-state index contributed by atoms with van der Waals surface area (Å²) in [6, 6.07) is 0. The molecule has 2 N–H and O–H groups in total. The molecule has 0 aromatic rings. The highest BCUT2D eigenvalue weighted by Gasteiger charge is 2.19. The third-order valence-corrected chi connectivity index (χ3v) is 1.81. The number of epoxide rings is 1. The van der Waals surface area contributed by atoms with E-state index in [1.54, 1.807) is 6.92 Å². The summed E-state index contributed by atoms with van der Waals surface area (Å²) in [7, 11) is 0. The predicted octanol–water partition coefficient (Wildman–Crippen LogP) is 0.856. The molecular weight excluding hydrogens is 194 g/mol. The quantitative estimate of drug-likeness (QED) is 0.406. The van der Waals surface area contributed by atoms with Crippen LogP contribution in [0.25, 0.3) is 0 Å². The van der Waals surface area contributed by atoms with Gasteiger partial charge in [0.1, 0.15) is 6.10 Å². The highest BCUT2D eigenvalue weighted by Crippen LogP contribution is 2.04. The van der Waals surface area contributed by atoms with Crippen molar-refractivity contribution in [1.29, 1.82) is 0 Å². The summed E-state index contributed by atoms with van der Waals surface area (Å²) >= 11 is 0. The van der Waals surface area contributed by atoms with Crippen LogP contribution in [0, 0.1) is 0 Å². The van der Waals surface area contributed by atoms with Crippen LogP contribution >= 0.6 is 0 Å². The summed E-state index contributed by atoms with van der Waals surface area (Å²) in [5.41, 5.74) is 0.580. The first kappa shape index (κ1) is 14.1. The molecule has 1 saturated heterocycles. The van der Waals surface area contributed by atoms with Crippen LogP contribution in [0.1, 0.15) is 26.7 Å². The Morgan fingerprint density at radius 1 is 1.67 bits per heavy atom. The first-order valence-corrected chi connectivity index (χ1v) is 5.28. The number of carbonyl (C=O) groups excluding carboxylic acids is 1. The molecule has 1 unspecified atom stereocenters. The molecule has 1 aliphatic rings. The zero-order valence-corrected chi connectivity index (χ0v) is 9.58. The van der Waals surface area contributed by atoms with Crippen LogP contribution < -0.4 is 5.32 Å². The van der Waals surface area contributed by atoms with Crippen molar-refractivity contribution in [3.05, 3.63) is 12.2 Å². The van der Waals surface area contributed by atoms with Gasteiger partial charge >= 0.3 is 0 Å². The molecule has 0 aromatic carbocycles. The molecule has 1 atom stereocenters. The van der Waals surface area contributed by atoms with Crippen molar-refractivity contribution in [2.24, 2.45) is 0 Å². The van der Waals surface area contributed by atoms with E-state index in [0.29, 0.717) is 5.57 Å². The van der Waals surface area contributed by atoms with Crippen molar-refractivity contribution in [2.75, 3.05) is 19.8 Å². The van der Waals surface area contributed by atoms with E-state index >= 15 is 0 Å². The van der Waals surface area contributed by atoms with Gasteiger partial charge in [0.2, 0.25) is 5.91 Å². The average molecular weight is 215 g/mol. The van der Waals surface area contributed by atoms with Crippen molar-refractivity contribution >= 4 is 5.91 Å². The summed E-state index contributed by atoms with van der Waals surface area (Å²) in [6.45, 7) is 9.04. The van der Waals surface area contributed by atoms with E-state index in [4.69, 9.17) is 5.11 Å². The number of ether oxygens (including phenoxy) is 1. The molecule has 0 bridgehead atoms. The van der Waals surface area contributed by atoms with Gasteiger partial charge in [0.25, 0.3) is 0 Å². The van der Waals surface area contributed by atoms with Crippen LogP contribution in [0.3, 0.4) is 0 Å². The third kappa shape index (κ3) is 9.43. The molecule has 88 valence electrons. The SMILES string of the molecule is C=C(C)C(=O)NCCCC.OCC1CO1. The molecule has 0 radical (unpaired) electrons. The van der Waals surface area contributed by atoms with Gasteiger partial charge in [-0.15, -0.1) is 0 Å². The normalized spacial score (nSPS) is 17.4. The standard InChI is InChI=1S/C8H15NO.C3H6O2/c1-4-5-6-9-8(10)7(2)3;4-1-3-2-5-3/h2,4-6H2,1,3H3,(H,9,10);3-4H,1-2H2. The molecule has 0 spiro atoms. The minimum atomic E-state index is -0.0338. The van der Waals surface area contributed by atoms with Crippen molar-refractivity contribution in [2.45, 2.75) is 32.8 Å². The minimum absolute atomic E-state index is 0.0338. The zero-order valence-electron chi connectivity index (χ0n) is 9.58. The zero-order chi connectivity index (χ0) is 11.7. The molecule has 0 saturated carbocycles. The van der Waals surface area contributed by atoms with E-state index in [-0.39, 0.29) is 18.6 Å². The second-order valence-electron chi connectivity index (χ2n) is 3.53. The van der Waals surface area contributed by atoms with Crippen molar-refractivity contribution in [3.63, 3.8) is 0 Å². The van der Waals surface area contributed by atoms with E-state index in [9.17, 15) is 4.79 Å². The van der Waals surface area contributed by atoms with Crippen LogP contribution in [0.5, 0.6) is 0 Å². The lowest BCUT2D eigenvalue weighted by Gasteiger charge is -2.01. The Balaban J connectivity index is 0.000000322. The van der Waals surface area contributed by atoms with Gasteiger partial charge in [-0.05, 0) is 13.3 Å². The molecular formula is C11H21NO3. The summed E-state index contributed by atoms with van der Waals surface area (Å²) in [5, 5.41) is 10.8. The van der Waals surface area contributed by atoms with Gasteiger partial charge in [0, 0.05) is 12.1 Å². The summed E-state index contributed by atoms with van der Waals surface area (Å²) in [5.74, 6) is -0.0338. The number of carbonyl (C=O) groups is 1. The van der Waals surface area contributed by atoms with Crippen LogP contribution in [0.4, 0.5) is 0 Å². The first-order chi connectivity index (χ1) is 7.11. The Kier molecular flexibility index (Phi) is 7.95. The lowest BCUT2D eigenvalue weighted by atomic mass is 10.3. The Morgan fingerprint density at radius 2 is 2.27 bits per heavy atom. The Bertz CT molecular complexity index is 200. The molecule has 4 heteroatoms. The molecule has 1 rings (SSSR count). The molecule has 15 heavy (non-hydrogen) atoms. The maximum Gasteiger partial charge on any atom is 0.246 e. The van der Waals surface area contributed by atoms with E-state index in [0.717, 1.165) is 26.0 Å². The monoisotopic (exact) mass is 215 g/mol. The van der Waals surface area contributed by atoms with Crippen LogP contribution in [-0.4, -0.2) is 36.9 Å². The van der Waals surface area contributed by atoms with Crippen LogP contribution in [0.15, 0.2) is 12.2 Å². The number of aliphatic hydroxyl groups is 1. The molecule has 0 aliphatic carbocycles. The van der Waals surface area contributed by atoms with Gasteiger partial charge in [-0.3, -0.25) is 4.79 Å². The second-order valence-corrected chi connectivity index (χ2v) is 3.53. The van der Waals surface area contributed by atoms with Gasteiger partial charge in [0.15, 0.2) is 0 Å². The van der Waals surface area contributed by atoms with Crippen molar-refractivity contribution < 1.29 is 14.6 Å². The maximum atomic E-state index is 10.8. The summed E-state index contributed by atoms with van der Waals surface area (Å²) < 4.78 is 4.61. The average Bonchev–Trinajstić information content (AvgIpc) is 3.02. The van der Waals surface area contributed by atoms with Crippen LogP contribution in [-0.2, 0) is 9.53 Å². The highest BCUT2D eigenvalue weighted by atomic mass is 16.6. The third-order valence-electron chi connectivity index (χ3n) is 1.81. The largest absolute Gasteiger partial charge is 0.394 e. The lowest BCUT2D eigenvalue weighted by Crippen LogP contribution is -2.24. The number of rotatable bonds is 5. The fraction of sp³-hybridized carbons (Fsp3) is 0.727. The van der Waals surface area contributed by atoms with Gasteiger partial charge in [-0.2, -0.15) is 0 Å². The Morgan fingerprint density at radius 3 is 2.53 bits per heavy atom. The number of aliphatic hydroxyl groups excluding tert-OH is 1. The first-order valence-electron chi connectivity index (χ1n) is 5.28. The second kappa shape index (κ2) is 8.44. The molecule has 1 aliphatic heterocycles. The highest BCUT2D eigenvalue weighted by molar-refractivity contribution is 5.91. The van der Waals surface area contributed by atoms with Gasteiger partial charge in [0.05, 0.1) is 13.2 Å². The number of amides is 1. The summed E-state index contributed by atoms with van der Waals surface area (Å²) in [4.78, 5) is 10.8.